The first-order valence-electron chi connectivity index (χ1n) is 5.09. The number of aromatic nitrogens is 2. The minimum atomic E-state index is -0.164. The van der Waals surface area contributed by atoms with E-state index in [-0.39, 0.29) is 12.1 Å². The summed E-state index contributed by atoms with van der Waals surface area (Å²) in [5, 5.41) is 3.90. The Morgan fingerprint density at radius 1 is 1.67 bits per heavy atom. The standard InChI is InChI=1S/C9H15N3O2S/c1-2-6(10)9-11-8(12-14-9)7-5-15-4-3-13-7/h6-7H,2-5,10H2,1H3/t6-,7?/m1/s1. The minimum Gasteiger partial charge on any atom is -0.368 e. The van der Waals surface area contributed by atoms with Crippen LogP contribution in [0.15, 0.2) is 4.52 Å². The van der Waals surface area contributed by atoms with E-state index in [1.54, 1.807) is 0 Å². The molecule has 5 nitrogen and oxygen atoms in total. The highest BCUT2D eigenvalue weighted by Crippen LogP contribution is 2.25. The second-order valence-corrected chi connectivity index (χ2v) is 4.59. The van der Waals surface area contributed by atoms with Crippen molar-refractivity contribution in [3.8, 4) is 0 Å². The van der Waals surface area contributed by atoms with Gasteiger partial charge < -0.3 is 15.0 Å². The lowest BCUT2D eigenvalue weighted by molar-refractivity contribution is 0.0677. The van der Waals surface area contributed by atoms with Gasteiger partial charge in [0.2, 0.25) is 11.7 Å². The lowest BCUT2D eigenvalue weighted by Gasteiger charge is -2.18. The van der Waals surface area contributed by atoms with Crippen molar-refractivity contribution >= 4 is 11.8 Å². The Kier molecular flexibility index (Phi) is 3.61. The van der Waals surface area contributed by atoms with E-state index in [1.807, 2.05) is 18.7 Å². The van der Waals surface area contributed by atoms with Gasteiger partial charge in [-0.3, -0.25) is 0 Å². The van der Waals surface area contributed by atoms with Gasteiger partial charge in [0.25, 0.3) is 0 Å². The van der Waals surface area contributed by atoms with E-state index < -0.39 is 0 Å². The molecule has 1 aromatic rings. The highest BCUT2D eigenvalue weighted by Gasteiger charge is 2.23. The van der Waals surface area contributed by atoms with Crippen LogP contribution in [-0.2, 0) is 4.74 Å². The van der Waals surface area contributed by atoms with Gasteiger partial charge in [0.05, 0.1) is 12.6 Å². The average Bonchev–Trinajstić information content (AvgIpc) is 2.78. The van der Waals surface area contributed by atoms with Crippen LogP contribution in [0.2, 0.25) is 0 Å². The van der Waals surface area contributed by atoms with E-state index >= 15 is 0 Å². The fourth-order valence-corrected chi connectivity index (χ4v) is 2.18. The number of hydrogen-bond donors (Lipinski definition) is 1. The largest absolute Gasteiger partial charge is 0.368 e. The van der Waals surface area contributed by atoms with Crippen molar-refractivity contribution in [1.82, 2.24) is 10.1 Å². The van der Waals surface area contributed by atoms with Gasteiger partial charge in [0, 0.05) is 11.5 Å². The molecule has 0 amide bonds. The average molecular weight is 229 g/mol. The van der Waals surface area contributed by atoms with E-state index in [0.717, 1.165) is 24.5 Å². The SMILES string of the molecule is CC[C@@H](N)c1nc(C2CSCCO2)no1. The van der Waals surface area contributed by atoms with Crippen LogP contribution in [0.5, 0.6) is 0 Å². The summed E-state index contributed by atoms with van der Waals surface area (Å²) in [4.78, 5) is 4.26. The van der Waals surface area contributed by atoms with Gasteiger partial charge in [-0.05, 0) is 6.42 Å². The van der Waals surface area contributed by atoms with E-state index in [2.05, 4.69) is 10.1 Å². The Morgan fingerprint density at radius 2 is 2.53 bits per heavy atom. The molecule has 0 saturated carbocycles. The molecule has 15 heavy (non-hydrogen) atoms. The normalized spacial score (nSPS) is 24.0. The Hall–Kier alpha value is -0.590. The predicted molar refractivity (Wildman–Crippen MR) is 57.5 cm³/mol. The molecule has 2 atom stereocenters. The van der Waals surface area contributed by atoms with Crippen LogP contribution in [0.3, 0.4) is 0 Å². The Balaban J connectivity index is 2.05. The zero-order chi connectivity index (χ0) is 10.7. The maximum absolute atomic E-state index is 5.79. The van der Waals surface area contributed by atoms with Crippen LogP contribution in [0.25, 0.3) is 0 Å². The van der Waals surface area contributed by atoms with Crippen LogP contribution < -0.4 is 5.73 Å². The molecule has 0 aromatic carbocycles. The molecular formula is C9H15N3O2S. The summed E-state index contributed by atoms with van der Waals surface area (Å²) in [6.45, 7) is 2.74. The number of nitrogens with two attached hydrogens (primary N) is 1. The van der Waals surface area contributed by atoms with E-state index in [1.165, 1.54) is 0 Å². The zero-order valence-electron chi connectivity index (χ0n) is 8.68. The van der Waals surface area contributed by atoms with Crippen LogP contribution in [0, 0.1) is 0 Å². The smallest absolute Gasteiger partial charge is 0.243 e. The molecule has 0 aliphatic carbocycles. The first-order valence-corrected chi connectivity index (χ1v) is 6.25. The summed E-state index contributed by atoms with van der Waals surface area (Å²) in [7, 11) is 0. The maximum atomic E-state index is 5.79. The fourth-order valence-electron chi connectivity index (χ4n) is 1.34. The quantitative estimate of drug-likeness (QED) is 0.841. The van der Waals surface area contributed by atoms with Crippen molar-refractivity contribution in [3.63, 3.8) is 0 Å². The molecular weight excluding hydrogens is 214 g/mol. The van der Waals surface area contributed by atoms with Crippen LogP contribution >= 0.6 is 11.8 Å². The van der Waals surface area contributed by atoms with Crippen LogP contribution in [0.1, 0.15) is 37.2 Å². The number of ether oxygens (including phenoxy) is 1. The third-order valence-corrected chi connectivity index (χ3v) is 3.31. The summed E-state index contributed by atoms with van der Waals surface area (Å²) in [6, 6.07) is -0.164. The second kappa shape index (κ2) is 4.96. The van der Waals surface area contributed by atoms with Crippen molar-refractivity contribution in [3.05, 3.63) is 11.7 Å². The summed E-state index contributed by atoms with van der Waals surface area (Å²) in [5.41, 5.74) is 5.79. The number of nitrogens with zero attached hydrogens (tertiary/aromatic N) is 2. The van der Waals surface area contributed by atoms with Gasteiger partial charge in [-0.15, -0.1) is 0 Å². The Labute approximate surface area is 92.7 Å². The van der Waals surface area contributed by atoms with Gasteiger partial charge in [-0.25, -0.2) is 0 Å². The van der Waals surface area contributed by atoms with E-state index in [0.29, 0.717) is 11.7 Å². The molecule has 6 heteroatoms. The molecule has 1 fully saturated rings. The fraction of sp³-hybridized carbons (Fsp3) is 0.778. The Bertz CT molecular complexity index is 312. The number of hydrogen-bond acceptors (Lipinski definition) is 6. The number of rotatable bonds is 3. The molecule has 1 saturated heterocycles. The zero-order valence-corrected chi connectivity index (χ0v) is 9.50. The molecule has 0 radical (unpaired) electrons. The lowest BCUT2D eigenvalue weighted by atomic mass is 10.2. The topological polar surface area (TPSA) is 74.2 Å². The molecule has 1 unspecified atom stereocenters. The van der Waals surface area contributed by atoms with E-state index in [4.69, 9.17) is 15.0 Å². The first-order chi connectivity index (χ1) is 7.31. The first kappa shape index (κ1) is 10.9. The maximum Gasteiger partial charge on any atom is 0.243 e. The monoisotopic (exact) mass is 229 g/mol. The van der Waals surface area contributed by atoms with Crippen molar-refractivity contribution in [2.45, 2.75) is 25.5 Å². The highest BCUT2D eigenvalue weighted by molar-refractivity contribution is 7.99. The summed E-state index contributed by atoms with van der Waals surface area (Å²) in [6.07, 6.45) is 0.757. The molecule has 2 heterocycles. The molecule has 1 aliphatic heterocycles. The second-order valence-electron chi connectivity index (χ2n) is 3.44. The Morgan fingerprint density at radius 3 is 3.20 bits per heavy atom. The van der Waals surface area contributed by atoms with Gasteiger partial charge in [0.15, 0.2) is 0 Å². The lowest BCUT2D eigenvalue weighted by Crippen LogP contribution is -2.17. The summed E-state index contributed by atoms with van der Waals surface area (Å²) >= 11 is 1.84. The van der Waals surface area contributed by atoms with Gasteiger partial charge in [-0.2, -0.15) is 16.7 Å². The van der Waals surface area contributed by atoms with Crippen LogP contribution in [0.4, 0.5) is 0 Å². The van der Waals surface area contributed by atoms with Crippen LogP contribution in [-0.4, -0.2) is 28.3 Å². The molecule has 2 N–H and O–H groups in total. The number of thioether (sulfide) groups is 1. The highest BCUT2D eigenvalue weighted by atomic mass is 32.2. The van der Waals surface area contributed by atoms with Crippen molar-refractivity contribution in [1.29, 1.82) is 0 Å². The van der Waals surface area contributed by atoms with Gasteiger partial charge in [-0.1, -0.05) is 12.1 Å². The summed E-state index contributed by atoms with van der Waals surface area (Å²) in [5.74, 6) is 3.06. The third kappa shape index (κ3) is 2.50. The van der Waals surface area contributed by atoms with Crippen molar-refractivity contribution < 1.29 is 9.26 Å². The van der Waals surface area contributed by atoms with Crippen molar-refractivity contribution in [2.75, 3.05) is 18.1 Å². The molecule has 2 rings (SSSR count). The molecule has 1 aliphatic rings. The van der Waals surface area contributed by atoms with Crippen molar-refractivity contribution in [2.24, 2.45) is 5.73 Å². The minimum absolute atomic E-state index is 0.0368. The van der Waals surface area contributed by atoms with Gasteiger partial charge >= 0.3 is 0 Å². The molecule has 0 bridgehead atoms. The van der Waals surface area contributed by atoms with Gasteiger partial charge in [0.1, 0.15) is 6.10 Å². The molecule has 0 spiro atoms. The molecule has 1 aromatic heterocycles. The molecule has 84 valence electrons. The predicted octanol–water partition coefficient (Wildman–Crippen LogP) is 1.28. The third-order valence-electron chi connectivity index (χ3n) is 2.32. The summed E-state index contributed by atoms with van der Waals surface area (Å²) < 4.78 is 10.6. The van der Waals surface area contributed by atoms with E-state index in [9.17, 15) is 0 Å².